The van der Waals surface area contributed by atoms with Crippen LogP contribution >= 0.6 is 22.7 Å². The smallest absolute Gasteiger partial charge is 0.236 e. The molecule has 6 nitrogen and oxygen atoms in total. The zero-order valence-electron chi connectivity index (χ0n) is 53.5. The van der Waals surface area contributed by atoms with Crippen LogP contribution in [0.15, 0.2) is 315 Å². The third-order valence-electron chi connectivity index (χ3n) is 20.9. The molecule has 16 aromatic carbocycles. The zero-order chi connectivity index (χ0) is 65.3. The van der Waals surface area contributed by atoms with E-state index in [0.717, 1.165) is 114 Å². The van der Waals surface area contributed by atoms with Gasteiger partial charge in [0.2, 0.25) is 11.9 Å². The summed E-state index contributed by atoms with van der Waals surface area (Å²) in [7, 11) is 0. The molecule has 0 saturated carbocycles. The Hall–Kier alpha value is -12.7. The van der Waals surface area contributed by atoms with Crippen molar-refractivity contribution in [3.05, 3.63) is 315 Å². The van der Waals surface area contributed by atoms with Crippen molar-refractivity contribution >= 4 is 172 Å². The quantitative estimate of drug-likeness (QED) is 0.160. The Morgan fingerprint density at radius 2 is 0.600 bits per heavy atom. The number of fused-ring (bicyclic) bond motifs is 22. The van der Waals surface area contributed by atoms with Crippen LogP contribution < -0.4 is 0 Å². The van der Waals surface area contributed by atoms with E-state index in [-0.39, 0.29) is 0 Å². The zero-order valence-corrected chi connectivity index (χ0v) is 55.2. The molecule has 0 bridgehead atoms. The lowest BCUT2D eigenvalue weighted by molar-refractivity contribution is 1.02. The minimum atomic E-state index is 0.650. The van der Waals surface area contributed by atoms with Crippen molar-refractivity contribution in [3.8, 4) is 67.8 Å². The molecule has 0 saturated heterocycles. The van der Waals surface area contributed by atoms with E-state index in [0.29, 0.717) is 11.9 Å². The minimum Gasteiger partial charge on any atom is -0.278 e. The molecule has 22 rings (SSSR count). The second-order valence-electron chi connectivity index (χ2n) is 26.4. The summed E-state index contributed by atoms with van der Waals surface area (Å²) in [6.45, 7) is 0. The molecular formula is C92H52N6S2. The van der Waals surface area contributed by atoms with Gasteiger partial charge in [-0.05, 0) is 159 Å². The maximum atomic E-state index is 5.75. The molecule has 0 radical (unpaired) electrons. The van der Waals surface area contributed by atoms with Gasteiger partial charge in [0.15, 0.2) is 0 Å². The molecule has 0 aliphatic carbocycles. The van der Waals surface area contributed by atoms with Crippen molar-refractivity contribution in [2.24, 2.45) is 0 Å². The molecule has 0 N–H and O–H groups in total. The minimum absolute atomic E-state index is 0.650. The van der Waals surface area contributed by atoms with Gasteiger partial charge in [-0.1, -0.05) is 255 Å². The highest BCUT2D eigenvalue weighted by atomic mass is 32.1. The van der Waals surface area contributed by atoms with Gasteiger partial charge in [-0.15, -0.1) is 22.7 Å². The first kappa shape index (κ1) is 55.4. The maximum absolute atomic E-state index is 5.75. The van der Waals surface area contributed by atoms with Crippen molar-refractivity contribution in [2.75, 3.05) is 0 Å². The van der Waals surface area contributed by atoms with E-state index >= 15 is 0 Å². The molecule has 0 unspecified atom stereocenters. The van der Waals surface area contributed by atoms with Crippen molar-refractivity contribution in [1.29, 1.82) is 0 Å². The molecule has 22 aromatic rings. The molecule has 462 valence electrons. The average molecular weight is 1310 g/mol. The van der Waals surface area contributed by atoms with Gasteiger partial charge in [-0.3, -0.25) is 9.13 Å². The predicted molar refractivity (Wildman–Crippen MR) is 424 cm³/mol. The van der Waals surface area contributed by atoms with E-state index in [2.05, 4.69) is 325 Å². The SMILES string of the molecule is c1ccc(-c2ccc3c(c2)sc2nc(-n4c5ccc6ccccc6c5c5c6ccccc6ccc54)nc(-c4ccc5cc(-c6cccc(-c7ccc8c(c7)sc7c(-c9ccc%10ccccc%10c9)nc(-n9c%10ccc%11ccccc%11c%10c%10c%11ccccc%11ccc%109)nc78)c6)ccc5c4)c23)cc1. The molecule has 6 heterocycles. The normalized spacial score (nSPS) is 12.2. The summed E-state index contributed by atoms with van der Waals surface area (Å²) in [5.74, 6) is 1.30. The van der Waals surface area contributed by atoms with Gasteiger partial charge in [0, 0.05) is 58.2 Å². The van der Waals surface area contributed by atoms with Gasteiger partial charge in [0.05, 0.1) is 43.7 Å². The fraction of sp³-hybridized carbons (Fsp3) is 0. The van der Waals surface area contributed by atoms with Gasteiger partial charge in [0.25, 0.3) is 0 Å². The van der Waals surface area contributed by atoms with Crippen molar-refractivity contribution < 1.29 is 0 Å². The number of benzene rings is 16. The van der Waals surface area contributed by atoms with Gasteiger partial charge in [-0.25, -0.2) is 19.9 Å². The molecule has 0 aliphatic rings. The first-order valence-electron chi connectivity index (χ1n) is 33.9. The van der Waals surface area contributed by atoms with E-state index in [1.54, 1.807) is 22.7 Å². The Bertz CT molecular complexity index is 7110. The standard InChI is InChI=1S/C92H52N6S2/c1-2-15-53(16-3-1)65-35-41-73-79(51-65)100-90-85(73)86(93-92(96-90)98-77-45-39-57-20-8-12-27-71(57)83(77)84-72-28-13-9-21-58(72)40-46-78(84)98)67-34-32-63-48-62(30-31-64(63)50-67)60-23-14-24-61(47-60)66-36-42-74-80(52-66)99-89-87(68-33-29-54-17-4-5-22-59(54)49-68)94-91(95-88(74)89)97-75-43-37-55-18-6-10-25-69(55)81(75)82-70-26-11-7-19-56(70)38-44-76(82)97/h1-52H. The van der Waals surface area contributed by atoms with Crippen LogP contribution in [0.2, 0.25) is 0 Å². The summed E-state index contributed by atoms with van der Waals surface area (Å²) in [5.41, 5.74) is 16.1. The highest BCUT2D eigenvalue weighted by Crippen LogP contribution is 2.48. The van der Waals surface area contributed by atoms with Crippen molar-refractivity contribution in [2.45, 2.75) is 0 Å². The summed E-state index contributed by atoms with van der Waals surface area (Å²) < 4.78 is 8.00. The van der Waals surface area contributed by atoms with Crippen molar-refractivity contribution in [1.82, 2.24) is 29.1 Å². The van der Waals surface area contributed by atoms with E-state index in [4.69, 9.17) is 19.9 Å². The highest BCUT2D eigenvalue weighted by Gasteiger charge is 2.26. The number of thiophene rings is 2. The first-order chi connectivity index (χ1) is 49.5. The number of hydrogen-bond donors (Lipinski definition) is 0. The molecule has 0 spiro atoms. The number of aromatic nitrogens is 6. The summed E-state index contributed by atoms with van der Waals surface area (Å²) in [6, 6.07) is 115. The third kappa shape index (κ3) is 8.35. The van der Waals surface area contributed by atoms with Gasteiger partial charge in [0.1, 0.15) is 4.83 Å². The van der Waals surface area contributed by atoms with E-state index < -0.39 is 0 Å². The van der Waals surface area contributed by atoms with Crippen LogP contribution in [0, 0.1) is 0 Å². The largest absolute Gasteiger partial charge is 0.278 e. The van der Waals surface area contributed by atoms with Gasteiger partial charge >= 0.3 is 0 Å². The molecule has 0 fully saturated rings. The van der Waals surface area contributed by atoms with Crippen LogP contribution in [0.5, 0.6) is 0 Å². The Labute approximate surface area is 579 Å². The molecule has 8 heteroatoms. The van der Waals surface area contributed by atoms with E-state index in [1.807, 2.05) is 0 Å². The summed E-state index contributed by atoms with van der Waals surface area (Å²) in [4.78, 5) is 23.6. The monoisotopic (exact) mass is 1300 g/mol. The Balaban J connectivity index is 0.668. The molecule has 0 atom stereocenters. The Morgan fingerprint density at radius 1 is 0.220 bits per heavy atom. The lowest BCUT2D eigenvalue weighted by Crippen LogP contribution is -2.02. The average Bonchev–Trinajstić information content (AvgIpc) is 1.56. The number of hydrogen-bond acceptors (Lipinski definition) is 6. The second-order valence-corrected chi connectivity index (χ2v) is 28.5. The number of nitrogens with zero attached hydrogens (tertiary/aromatic N) is 6. The van der Waals surface area contributed by atoms with E-state index in [1.165, 1.54) is 91.2 Å². The fourth-order valence-electron chi connectivity index (χ4n) is 16.2. The Morgan fingerprint density at radius 3 is 1.17 bits per heavy atom. The Kier molecular flexibility index (Phi) is 11.9. The first-order valence-corrected chi connectivity index (χ1v) is 35.5. The van der Waals surface area contributed by atoms with Crippen LogP contribution in [0.4, 0.5) is 0 Å². The van der Waals surface area contributed by atoms with Crippen LogP contribution in [-0.2, 0) is 0 Å². The molecular weight excluding hydrogens is 1250 g/mol. The number of rotatable bonds is 7. The van der Waals surface area contributed by atoms with Gasteiger partial charge < -0.3 is 0 Å². The maximum Gasteiger partial charge on any atom is 0.236 e. The van der Waals surface area contributed by atoms with Crippen LogP contribution in [-0.4, -0.2) is 29.1 Å². The fourth-order valence-corrected chi connectivity index (χ4v) is 18.5. The van der Waals surface area contributed by atoms with Crippen molar-refractivity contribution in [3.63, 3.8) is 0 Å². The predicted octanol–water partition coefficient (Wildman–Crippen LogP) is 25.5. The second kappa shape index (κ2) is 21.4. The molecule has 6 aromatic heterocycles. The van der Waals surface area contributed by atoms with E-state index in [9.17, 15) is 0 Å². The lowest BCUT2D eigenvalue weighted by atomic mass is 9.96. The molecule has 0 amide bonds. The summed E-state index contributed by atoms with van der Waals surface area (Å²) in [6.07, 6.45) is 0. The van der Waals surface area contributed by atoms with Crippen LogP contribution in [0.1, 0.15) is 0 Å². The summed E-state index contributed by atoms with van der Waals surface area (Å²) >= 11 is 3.52. The topological polar surface area (TPSA) is 61.4 Å². The highest BCUT2D eigenvalue weighted by molar-refractivity contribution is 7.26. The molecule has 100 heavy (non-hydrogen) atoms. The lowest BCUT2D eigenvalue weighted by Gasteiger charge is -2.12. The third-order valence-corrected chi connectivity index (χ3v) is 23.1. The van der Waals surface area contributed by atoms with Crippen LogP contribution in [0.25, 0.3) is 217 Å². The van der Waals surface area contributed by atoms with Gasteiger partial charge in [-0.2, -0.15) is 0 Å². The van der Waals surface area contributed by atoms with Crippen LogP contribution in [0.3, 0.4) is 0 Å². The summed E-state index contributed by atoms with van der Waals surface area (Å²) in [5, 5.41) is 22.5. The molecule has 0 aliphatic heterocycles.